The number of carbonyl (C=O) groups is 1. The van der Waals surface area contributed by atoms with Gasteiger partial charge in [0.25, 0.3) is 0 Å². The molecule has 0 heterocycles. The van der Waals surface area contributed by atoms with E-state index in [4.69, 9.17) is 4.74 Å². The Morgan fingerprint density at radius 3 is 2.43 bits per heavy atom. The third-order valence-electron chi connectivity index (χ3n) is 2.93. The number of methoxy groups -OCH3 is 2. The molecular formula is C14H18F3NO3. The van der Waals surface area contributed by atoms with Gasteiger partial charge in [0.15, 0.2) is 0 Å². The molecule has 0 unspecified atom stereocenters. The molecule has 1 aromatic carbocycles. The fourth-order valence-electron chi connectivity index (χ4n) is 1.87. The zero-order chi connectivity index (χ0) is 15.9. The summed E-state index contributed by atoms with van der Waals surface area (Å²) in [5, 5.41) is 0. The van der Waals surface area contributed by atoms with Gasteiger partial charge in [-0.2, -0.15) is 13.2 Å². The number of halogens is 3. The van der Waals surface area contributed by atoms with Crippen LogP contribution in [-0.4, -0.2) is 39.9 Å². The molecule has 7 heteroatoms. The number of nitrogens with zero attached hydrogens (tertiary/aromatic N) is 1. The highest BCUT2D eigenvalue weighted by molar-refractivity contribution is 5.70. The maximum Gasteiger partial charge on any atom is 0.418 e. The first-order chi connectivity index (χ1) is 9.90. The highest BCUT2D eigenvalue weighted by Crippen LogP contribution is 2.36. The minimum atomic E-state index is -4.45. The number of anilines is 1. The number of benzene rings is 1. The van der Waals surface area contributed by atoms with Crippen LogP contribution in [0.4, 0.5) is 18.9 Å². The van der Waals surface area contributed by atoms with Crippen molar-refractivity contribution in [2.24, 2.45) is 0 Å². The van der Waals surface area contributed by atoms with E-state index >= 15 is 0 Å². The molecule has 0 N–H and O–H groups in total. The maximum atomic E-state index is 13.0. The Labute approximate surface area is 121 Å². The smallest absolute Gasteiger partial charge is 0.418 e. The Kier molecular flexibility index (Phi) is 6.48. The monoisotopic (exact) mass is 305 g/mol. The van der Waals surface area contributed by atoms with Crippen LogP contribution in [0, 0.1) is 0 Å². The fourth-order valence-corrected chi connectivity index (χ4v) is 1.87. The quantitative estimate of drug-likeness (QED) is 0.726. The molecule has 0 aliphatic rings. The predicted molar refractivity (Wildman–Crippen MR) is 72.2 cm³/mol. The van der Waals surface area contributed by atoms with Gasteiger partial charge < -0.3 is 14.4 Å². The molecule has 0 aliphatic carbocycles. The molecule has 0 radical (unpaired) electrons. The van der Waals surface area contributed by atoms with Crippen molar-refractivity contribution in [1.82, 2.24) is 0 Å². The third-order valence-corrected chi connectivity index (χ3v) is 2.93. The summed E-state index contributed by atoms with van der Waals surface area (Å²) in [5.74, 6) is -0.470. The Morgan fingerprint density at radius 2 is 1.86 bits per heavy atom. The summed E-state index contributed by atoms with van der Waals surface area (Å²) in [4.78, 5) is 12.7. The van der Waals surface area contributed by atoms with Crippen LogP contribution in [0.15, 0.2) is 24.3 Å². The van der Waals surface area contributed by atoms with Gasteiger partial charge in [-0.3, -0.25) is 4.79 Å². The second-order valence-corrected chi connectivity index (χ2v) is 4.32. The molecule has 1 rings (SSSR count). The van der Waals surface area contributed by atoms with Crippen molar-refractivity contribution >= 4 is 11.7 Å². The predicted octanol–water partition coefficient (Wildman–Crippen LogP) is 2.72. The van der Waals surface area contributed by atoms with E-state index in [1.807, 2.05) is 0 Å². The zero-order valence-corrected chi connectivity index (χ0v) is 11.9. The lowest BCUT2D eigenvalue weighted by Gasteiger charge is -2.27. The summed E-state index contributed by atoms with van der Waals surface area (Å²) >= 11 is 0. The molecule has 0 spiro atoms. The Bertz CT molecular complexity index is 463. The first-order valence-corrected chi connectivity index (χ1v) is 6.37. The second-order valence-electron chi connectivity index (χ2n) is 4.32. The number of para-hydroxylation sites is 1. The van der Waals surface area contributed by atoms with Gasteiger partial charge in [0.05, 0.1) is 25.7 Å². The van der Waals surface area contributed by atoms with E-state index in [2.05, 4.69) is 4.74 Å². The second kappa shape index (κ2) is 7.87. The van der Waals surface area contributed by atoms with Crippen molar-refractivity contribution in [3.05, 3.63) is 29.8 Å². The molecule has 4 nitrogen and oxygen atoms in total. The average Bonchev–Trinajstić information content (AvgIpc) is 2.46. The van der Waals surface area contributed by atoms with E-state index in [0.717, 1.165) is 6.07 Å². The number of esters is 1. The van der Waals surface area contributed by atoms with Crippen LogP contribution < -0.4 is 4.90 Å². The molecule has 0 aromatic heterocycles. The first kappa shape index (κ1) is 17.3. The average molecular weight is 305 g/mol. The lowest BCUT2D eigenvalue weighted by molar-refractivity contribution is -0.140. The standard InChI is InChI=1S/C14H18F3NO3/c1-20-10-9-18(8-7-13(19)21-2)12-6-4-3-5-11(12)14(15,16)17/h3-6H,7-10H2,1-2H3. The molecule has 0 saturated heterocycles. The third kappa shape index (κ3) is 5.26. The number of hydrogen-bond acceptors (Lipinski definition) is 4. The van der Waals surface area contributed by atoms with Crippen LogP contribution in [0.5, 0.6) is 0 Å². The Morgan fingerprint density at radius 1 is 1.19 bits per heavy atom. The largest absolute Gasteiger partial charge is 0.469 e. The number of carbonyl (C=O) groups excluding carboxylic acids is 1. The van der Waals surface area contributed by atoms with Gasteiger partial charge >= 0.3 is 12.1 Å². The molecule has 0 fully saturated rings. The maximum absolute atomic E-state index is 13.0. The molecule has 0 saturated carbocycles. The van der Waals surface area contributed by atoms with E-state index in [1.54, 1.807) is 0 Å². The van der Waals surface area contributed by atoms with E-state index in [9.17, 15) is 18.0 Å². The van der Waals surface area contributed by atoms with Crippen molar-refractivity contribution in [1.29, 1.82) is 0 Å². The normalized spacial score (nSPS) is 11.3. The van der Waals surface area contributed by atoms with Gasteiger partial charge in [-0.1, -0.05) is 12.1 Å². The topological polar surface area (TPSA) is 38.8 Å². The van der Waals surface area contributed by atoms with E-state index < -0.39 is 17.7 Å². The minimum absolute atomic E-state index is 0.00635. The van der Waals surface area contributed by atoms with Crippen LogP contribution in [0.1, 0.15) is 12.0 Å². The van der Waals surface area contributed by atoms with Gasteiger partial charge in [-0.25, -0.2) is 0 Å². The van der Waals surface area contributed by atoms with Crippen LogP contribution in [-0.2, 0) is 20.4 Å². The van der Waals surface area contributed by atoms with Gasteiger partial charge in [0.2, 0.25) is 0 Å². The zero-order valence-electron chi connectivity index (χ0n) is 11.9. The van der Waals surface area contributed by atoms with Crippen molar-refractivity contribution in [2.45, 2.75) is 12.6 Å². The van der Waals surface area contributed by atoms with E-state index in [0.29, 0.717) is 0 Å². The van der Waals surface area contributed by atoms with Crippen molar-refractivity contribution < 1.29 is 27.4 Å². The van der Waals surface area contributed by atoms with Crippen LogP contribution >= 0.6 is 0 Å². The summed E-state index contributed by atoms with van der Waals surface area (Å²) < 4.78 is 48.6. The number of hydrogen-bond donors (Lipinski definition) is 0. The summed E-state index contributed by atoms with van der Waals surface area (Å²) in [6.45, 7) is 0.636. The number of ether oxygens (including phenoxy) is 2. The van der Waals surface area contributed by atoms with Crippen LogP contribution in [0.3, 0.4) is 0 Å². The molecule has 0 atom stereocenters. The van der Waals surface area contributed by atoms with Gasteiger partial charge in [0.1, 0.15) is 0 Å². The molecule has 1 aromatic rings. The van der Waals surface area contributed by atoms with Crippen molar-refractivity contribution in [3.8, 4) is 0 Å². The van der Waals surface area contributed by atoms with Crippen molar-refractivity contribution in [2.75, 3.05) is 38.8 Å². The molecule has 0 aliphatic heterocycles. The van der Waals surface area contributed by atoms with Crippen molar-refractivity contribution in [3.63, 3.8) is 0 Å². The Balaban J connectivity index is 2.99. The van der Waals surface area contributed by atoms with Crippen LogP contribution in [0.25, 0.3) is 0 Å². The summed E-state index contributed by atoms with van der Waals surface area (Å²) in [7, 11) is 2.71. The lowest BCUT2D eigenvalue weighted by atomic mass is 10.1. The summed E-state index contributed by atoms with van der Waals surface area (Å²) in [5.41, 5.74) is -0.697. The highest BCUT2D eigenvalue weighted by Gasteiger charge is 2.34. The SMILES string of the molecule is COCCN(CCC(=O)OC)c1ccccc1C(F)(F)F. The molecular weight excluding hydrogens is 287 g/mol. The first-order valence-electron chi connectivity index (χ1n) is 6.37. The highest BCUT2D eigenvalue weighted by atomic mass is 19.4. The molecule has 21 heavy (non-hydrogen) atoms. The van der Waals surface area contributed by atoms with Gasteiger partial charge in [0, 0.05) is 25.9 Å². The molecule has 0 bridgehead atoms. The summed E-state index contributed by atoms with van der Waals surface area (Å²) in [6.07, 6.45) is -4.44. The lowest BCUT2D eigenvalue weighted by Crippen LogP contribution is -2.31. The van der Waals surface area contributed by atoms with Gasteiger partial charge in [-0.05, 0) is 12.1 Å². The van der Waals surface area contributed by atoms with Gasteiger partial charge in [-0.15, -0.1) is 0 Å². The fraction of sp³-hybridized carbons (Fsp3) is 0.500. The summed E-state index contributed by atoms with van der Waals surface area (Å²) in [6, 6.07) is 5.27. The van der Waals surface area contributed by atoms with E-state index in [1.165, 1.54) is 37.3 Å². The van der Waals surface area contributed by atoms with Crippen LogP contribution in [0.2, 0.25) is 0 Å². The van der Waals surface area contributed by atoms with E-state index in [-0.39, 0.29) is 31.8 Å². The number of rotatable bonds is 7. The minimum Gasteiger partial charge on any atom is -0.469 e. The number of alkyl halides is 3. The molecule has 0 amide bonds. The Hall–Kier alpha value is -1.76. The molecule has 118 valence electrons.